The van der Waals surface area contributed by atoms with E-state index in [0.717, 1.165) is 27.3 Å². The SMILES string of the molecule is COc1ccc(N2C(=O)C(Nc3cc(C)ccc3C)=C(c3ccc(C)cc3)C2=O)cc1Cl. The van der Waals surface area contributed by atoms with Crippen LogP contribution < -0.4 is 15.0 Å². The molecule has 0 unspecified atom stereocenters. The fourth-order valence-electron chi connectivity index (χ4n) is 3.67. The van der Waals surface area contributed by atoms with E-state index >= 15 is 0 Å². The fourth-order valence-corrected chi connectivity index (χ4v) is 3.92. The minimum Gasteiger partial charge on any atom is -0.495 e. The van der Waals surface area contributed by atoms with E-state index in [-0.39, 0.29) is 5.70 Å². The van der Waals surface area contributed by atoms with Crippen LogP contribution in [0.25, 0.3) is 5.57 Å². The summed E-state index contributed by atoms with van der Waals surface area (Å²) in [6.07, 6.45) is 0. The summed E-state index contributed by atoms with van der Waals surface area (Å²) in [4.78, 5) is 28.2. The number of benzene rings is 3. The first-order chi connectivity index (χ1) is 15.3. The van der Waals surface area contributed by atoms with Crippen molar-refractivity contribution in [2.24, 2.45) is 0 Å². The number of imide groups is 1. The van der Waals surface area contributed by atoms with Gasteiger partial charge in [0.05, 0.1) is 23.4 Å². The second kappa shape index (κ2) is 8.52. The van der Waals surface area contributed by atoms with Crippen LogP contribution >= 0.6 is 11.6 Å². The molecule has 3 aromatic rings. The highest BCUT2D eigenvalue weighted by atomic mass is 35.5. The maximum Gasteiger partial charge on any atom is 0.282 e. The highest BCUT2D eigenvalue weighted by Gasteiger charge is 2.40. The van der Waals surface area contributed by atoms with E-state index in [0.29, 0.717) is 27.6 Å². The van der Waals surface area contributed by atoms with Crippen molar-refractivity contribution in [1.82, 2.24) is 0 Å². The molecule has 1 N–H and O–H groups in total. The van der Waals surface area contributed by atoms with Gasteiger partial charge < -0.3 is 10.1 Å². The Morgan fingerprint density at radius 1 is 0.844 bits per heavy atom. The lowest BCUT2D eigenvalue weighted by atomic mass is 10.0. The molecule has 0 spiro atoms. The summed E-state index contributed by atoms with van der Waals surface area (Å²) in [7, 11) is 1.51. The lowest BCUT2D eigenvalue weighted by molar-refractivity contribution is -0.120. The Morgan fingerprint density at radius 2 is 1.53 bits per heavy atom. The van der Waals surface area contributed by atoms with Gasteiger partial charge in [-0.15, -0.1) is 0 Å². The number of nitrogens with zero attached hydrogens (tertiary/aromatic N) is 1. The van der Waals surface area contributed by atoms with E-state index in [4.69, 9.17) is 16.3 Å². The largest absolute Gasteiger partial charge is 0.495 e. The second-order valence-electron chi connectivity index (χ2n) is 7.82. The first kappa shape index (κ1) is 21.7. The van der Waals surface area contributed by atoms with Gasteiger partial charge in [0.15, 0.2) is 0 Å². The first-order valence-corrected chi connectivity index (χ1v) is 10.6. The van der Waals surface area contributed by atoms with E-state index in [9.17, 15) is 9.59 Å². The molecule has 0 aromatic heterocycles. The van der Waals surface area contributed by atoms with Gasteiger partial charge in [0.2, 0.25) is 0 Å². The summed E-state index contributed by atoms with van der Waals surface area (Å²) in [6.45, 7) is 5.91. The van der Waals surface area contributed by atoms with Gasteiger partial charge in [-0.2, -0.15) is 0 Å². The monoisotopic (exact) mass is 446 g/mol. The molecule has 0 radical (unpaired) electrons. The number of anilines is 2. The number of hydrogen-bond acceptors (Lipinski definition) is 4. The lowest BCUT2D eigenvalue weighted by Gasteiger charge is -2.17. The normalized spacial score (nSPS) is 13.7. The maximum absolute atomic E-state index is 13.6. The van der Waals surface area contributed by atoms with Crippen LogP contribution in [0, 0.1) is 20.8 Å². The van der Waals surface area contributed by atoms with Gasteiger partial charge in [-0.25, -0.2) is 4.90 Å². The smallest absolute Gasteiger partial charge is 0.282 e. The van der Waals surface area contributed by atoms with Crippen LogP contribution in [0.1, 0.15) is 22.3 Å². The van der Waals surface area contributed by atoms with Crippen LogP contribution in [0.15, 0.2) is 66.4 Å². The average Bonchev–Trinajstić information content (AvgIpc) is 3.01. The number of rotatable bonds is 5. The Bertz CT molecular complexity index is 1260. The van der Waals surface area contributed by atoms with Gasteiger partial charge in [-0.1, -0.05) is 53.6 Å². The zero-order valence-electron chi connectivity index (χ0n) is 18.3. The predicted octanol–water partition coefficient (Wildman–Crippen LogP) is 5.67. The molecule has 0 atom stereocenters. The number of ether oxygens (including phenoxy) is 1. The quantitative estimate of drug-likeness (QED) is 0.513. The Balaban J connectivity index is 1.84. The molecule has 0 aliphatic carbocycles. The second-order valence-corrected chi connectivity index (χ2v) is 8.23. The summed E-state index contributed by atoms with van der Waals surface area (Å²) >= 11 is 6.28. The Kier molecular flexibility index (Phi) is 5.76. The molecule has 0 fully saturated rings. The summed E-state index contributed by atoms with van der Waals surface area (Å²) in [5, 5.41) is 3.56. The van der Waals surface area contributed by atoms with Crippen molar-refractivity contribution in [1.29, 1.82) is 0 Å². The van der Waals surface area contributed by atoms with E-state index in [1.807, 2.05) is 63.2 Å². The predicted molar refractivity (Wildman–Crippen MR) is 128 cm³/mol. The zero-order chi connectivity index (χ0) is 23.0. The third kappa shape index (κ3) is 3.87. The Morgan fingerprint density at radius 3 is 2.19 bits per heavy atom. The van der Waals surface area contributed by atoms with Gasteiger partial charge >= 0.3 is 0 Å². The standard InChI is InChI=1S/C26H23ClN2O3/c1-15-6-9-18(10-7-15)23-24(28-21-13-16(2)5-8-17(21)3)26(31)29(25(23)30)19-11-12-22(32-4)20(27)14-19/h5-14,28H,1-4H3. The Hall–Kier alpha value is -3.57. The number of aryl methyl sites for hydroxylation is 3. The molecule has 1 aliphatic rings. The molecule has 0 bridgehead atoms. The minimum absolute atomic E-state index is 0.236. The van der Waals surface area contributed by atoms with Gasteiger partial charge in [-0.3, -0.25) is 9.59 Å². The van der Waals surface area contributed by atoms with Crippen molar-refractivity contribution in [3.8, 4) is 5.75 Å². The van der Waals surface area contributed by atoms with Crippen molar-refractivity contribution in [3.63, 3.8) is 0 Å². The van der Waals surface area contributed by atoms with Crippen LogP contribution in [0.2, 0.25) is 5.02 Å². The third-order valence-corrected chi connectivity index (χ3v) is 5.77. The maximum atomic E-state index is 13.6. The van der Waals surface area contributed by atoms with Crippen molar-refractivity contribution in [2.75, 3.05) is 17.3 Å². The molecule has 162 valence electrons. The summed E-state index contributed by atoms with van der Waals surface area (Å²) in [5.74, 6) is -0.379. The molecule has 0 saturated carbocycles. The van der Waals surface area contributed by atoms with Crippen molar-refractivity contribution in [3.05, 3.63) is 93.6 Å². The average molecular weight is 447 g/mol. The summed E-state index contributed by atoms with van der Waals surface area (Å²) in [5.41, 5.74) is 5.47. The van der Waals surface area contributed by atoms with Crippen LogP contribution in [-0.4, -0.2) is 18.9 Å². The molecule has 1 heterocycles. The van der Waals surface area contributed by atoms with E-state index in [1.54, 1.807) is 18.2 Å². The molecule has 32 heavy (non-hydrogen) atoms. The highest BCUT2D eigenvalue weighted by Crippen LogP contribution is 2.37. The van der Waals surface area contributed by atoms with Gasteiger partial charge in [-0.05, 0) is 61.7 Å². The number of carbonyl (C=O) groups is 2. The third-order valence-electron chi connectivity index (χ3n) is 5.47. The molecule has 1 aliphatic heterocycles. The zero-order valence-corrected chi connectivity index (χ0v) is 19.1. The number of methoxy groups -OCH3 is 1. The molecular weight excluding hydrogens is 424 g/mol. The van der Waals surface area contributed by atoms with Crippen molar-refractivity contribution >= 4 is 40.4 Å². The van der Waals surface area contributed by atoms with Gasteiger partial charge in [0, 0.05) is 5.69 Å². The van der Waals surface area contributed by atoms with Gasteiger partial charge in [0.25, 0.3) is 11.8 Å². The molecule has 2 amide bonds. The first-order valence-electron chi connectivity index (χ1n) is 10.2. The van der Waals surface area contributed by atoms with E-state index < -0.39 is 11.8 Å². The molecule has 6 heteroatoms. The molecule has 0 saturated heterocycles. The topological polar surface area (TPSA) is 58.6 Å². The van der Waals surface area contributed by atoms with Crippen molar-refractivity contribution < 1.29 is 14.3 Å². The number of halogens is 1. The molecule has 3 aromatic carbocycles. The van der Waals surface area contributed by atoms with Crippen LogP contribution in [-0.2, 0) is 9.59 Å². The van der Waals surface area contributed by atoms with Crippen molar-refractivity contribution in [2.45, 2.75) is 20.8 Å². The highest BCUT2D eigenvalue weighted by molar-refractivity contribution is 6.46. The van der Waals surface area contributed by atoms with E-state index in [2.05, 4.69) is 5.32 Å². The van der Waals surface area contributed by atoms with E-state index in [1.165, 1.54) is 7.11 Å². The number of nitrogens with one attached hydrogen (secondary N) is 1. The summed E-state index contributed by atoms with van der Waals surface area (Å²) < 4.78 is 5.20. The summed E-state index contributed by atoms with van der Waals surface area (Å²) in [6, 6.07) is 18.3. The lowest BCUT2D eigenvalue weighted by Crippen LogP contribution is -2.32. The molecule has 4 rings (SSSR count). The number of amides is 2. The number of carbonyl (C=O) groups excluding carboxylic acids is 2. The van der Waals surface area contributed by atoms with Gasteiger partial charge in [0.1, 0.15) is 11.4 Å². The van der Waals surface area contributed by atoms with Crippen LogP contribution in [0.5, 0.6) is 5.75 Å². The molecular formula is C26H23ClN2O3. The Labute approximate surface area is 192 Å². The number of hydrogen-bond donors (Lipinski definition) is 1. The minimum atomic E-state index is -0.437. The fraction of sp³-hybridized carbons (Fsp3) is 0.154. The van der Waals surface area contributed by atoms with Crippen LogP contribution in [0.4, 0.5) is 11.4 Å². The van der Waals surface area contributed by atoms with Crippen LogP contribution in [0.3, 0.4) is 0 Å². The molecule has 5 nitrogen and oxygen atoms in total.